The van der Waals surface area contributed by atoms with Gasteiger partial charge in [-0.05, 0) is 29.6 Å². The van der Waals surface area contributed by atoms with Crippen molar-refractivity contribution in [3.63, 3.8) is 0 Å². The van der Waals surface area contributed by atoms with Gasteiger partial charge in [-0.1, -0.05) is 0 Å². The number of piperazine rings is 1. The van der Waals surface area contributed by atoms with Crippen molar-refractivity contribution in [2.24, 2.45) is 0 Å². The van der Waals surface area contributed by atoms with Gasteiger partial charge in [0.15, 0.2) is 5.82 Å². The minimum Gasteiger partial charge on any atom is -0.406 e. The van der Waals surface area contributed by atoms with E-state index in [0.717, 1.165) is 26.2 Å². The van der Waals surface area contributed by atoms with Gasteiger partial charge >= 0.3 is 6.36 Å². The van der Waals surface area contributed by atoms with E-state index in [2.05, 4.69) is 35.0 Å². The van der Waals surface area contributed by atoms with E-state index in [0.29, 0.717) is 22.5 Å². The molecule has 2 aromatic heterocycles. The molecule has 0 radical (unpaired) electrons. The van der Waals surface area contributed by atoms with E-state index in [1.165, 1.54) is 22.7 Å². The minimum atomic E-state index is -4.76. The van der Waals surface area contributed by atoms with E-state index in [4.69, 9.17) is 0 Å². The van der Waals surface area contributed by atoms with Crippen LogP contribution in [0.25, 0.3) is 16.7 Å². The van der Waals surface area contributed by atoms with Crippen molar-refractivity contribution < 1.29 is 17.9 Å². The van der Waals surface area contributed by atoms with Crippen LogP contribution in [0.1, 0.15) is 0 Å². The molecule has 25 heavy (non-hydrogen) atoms. The maximum Gasteiger partial charge on any atom is 0.573 e. The van der Waals surface area contributed by atoms with E-state index in [-0.39, 0.29) is 5.75 Å². The van der Waals surface area contributed by atoms with Crippen molar-refractivity contribution in [1.29, 1.82) is 0 Å². The van der Waals surface area contributed by atoms with Crippen molar-refractivity contribution in [3.8, 4) is 5.75 Å². The fourth-order valence-electron chi connectivity index (χ4n) is 2.85. The number of benzene rings is 1. The van der Waals surface area contributed by atoms with Gasteiger partial charge in [-0.3, -0.25) is 0 Å². The van der Waals surface area contributed by atoms with Crippen LogP contribution in [-0.4, -0.2) is 69.5 Å². The first kappa shape index (κ1) is 15.8. The Bertz CT molecular complexity index is 918. The number of tetrazole rings is 1. The summed E-state index contributed by atoms with van der Waals surface area (Å²) in [5.74, 6) is 0.279. The Morgan fingerprint density at radius 3 is 2.60 bits per heavy atom. The third-order valence-corrected chi connectivity index (χ3v) is 4.11. The third kappa shape index (κ3) is 3.02. The smallest absolute Gasteiger partial charge is 0.406 e. The number of nitrogens with zero attached hydrogens (tertiary/aromatic N) is 7. The Morgan fingerprint density at radius 1 is 1.12 bits per heavy atom. The molecule has 0 bridgehead atoms. The third-order valence-electron chi connectivity index (χ3n) is 4.11. The fraction of sp³-hybridized carbons (Fsp3) is 0.429. The Hall–Kier alpha value is -2.69. The Morgan fingerprint density at radius 2 is 1.88 bits per heavy atom. The van der Waals surface area contributed by atoms with Gasteiger partial charge in [-0.15, -0.1) is 18.3 Å². The molecule has 3 aromatic rings. The lowest BCUT2D eigenvalue weighted by Crippen LogP contribution is -2.45. The SMILES string of the molecule is CN1CCN(c2nc3ccc(OC(F)(F)F)cc3n3nnnc23)CC1. The van der Waals surface area contributed by atoms with Crippen molar-refractivity contribution in [1.82, 2.24) is 29.9 Å². The van der Waals surface area contributed by atoms with Crippen LogP contribution in [0.3, 0.4) is 0 Å². The molecule has 1 aliphatic heterocycles. The second-order valence-corrected chi connectivity index (χ2v) is 5.84. The summed E-state index contributed by atoms with van der Waals surface area (Å²) in [7, 11) is 2.04. The first-order valence-corrected chi connectivity index (χ1v) is 7.62. The second-order valence-electron chi connectivity index (χ2n) is 5.84. The first-order valence-electron chi connectivity index (χ1n) is 7.62. The molecule has 3 heterocycles. The number of rotatable bonds is 2. The monoisotopic (exact) mass is 353 g/mol. The number of alkyl halides is 3. The molecule has 8 nitrogen and oxygen atoms in total. The fourth-order valence-corrected chi connectivity index (χ4v) is 2.85. The molecule has 132 valence electrons. The highest BCUT2D eigenvalue weighted by atomic mass is 19.4. The maximum absolute atomic E-state index is 12.4. The zero-order valence-electron chi connectivity index (χ0n) is 13.2. The van der Waals surface area contributed by atoms with Crippen molar-refractivity contribution >= 4 is 22.5 Å². The van der Waals surface area contributed by atoms with Crippen molar-refractivity contribution in [3.05, 3.63) is 18.2 Å². The number of hydrogen-bond acceptors (Lipinski definition) is 7. The summed E-state index contributed by atoms with van der Waals surface area (Å²) in [6.07, 6.45) is -4.76. The Kier molecular flexibility index (Phi) is 3.60. The predicted octanol–water partition coefficient (Wildman–Crippen LogP) is 1.32. The van der Waals surface area contributed by atoms with Gasteiger partial charge in [0.05, 0.1) is 11.0 Å². The summed E-state index contributed by atoms with van der Waals surface area (Å²) in [5.41, 5.74) is 1.24. The van der Waals surface area contributed by atoms with Gasteiger partial charge in [-0.25, -0.2) is 4.98 Å². The highest BCUT2D eigenvalue weighted by Crippen LogP contribution is 2.28. The summed E-state index contributed by atoms with van der Waals surface area (Å²) in [5, 5.41) is 11.5. The number of ether oxygens (including phenoxy) is 1. The lowest BCUT2D eigenvalue weighted by atomic mass is 10.2. The van der Waals surface area contributed by atoms with Gasteiger partial charge in [-0.2, -0.15) is 4.52 Å². The summed E-state index contributed by atoms with van der Waals surface area (Å²) in [4.78, 5) is 8.85. The van der Waals surface area contributed by atoms with E-state index in [9.17, 15) is 13.2 Å². The normalized spacial score (nSPS) is 16.7. The van der Waals surface area contributed by atoms with Crippen LogP contribution >= 0.6 is 0 Å². The number of hydrogen-bond donors (Lipinski definition) is 0. The summed E-state index contributed by atoms with van der Waals surface area (Å²) < 4.78 is 42.7. The number of likely N-dealkylation sites (N-methyl/N-ethyl adjacent to an activating group) is 1. The van der Waals surface area contributed by atoms with Crippen LogP contribution in [0.4, 0.5) is 19.0 Å². The number of fused-ring (bicyclic) bond motifs is 3. The van der Waals surface area contributed by atoms with E-state index >= 15 is 0 Å². The minimum absolute atomic E-state index is 0.342. The number of anilines is 1. The Balaban J connectivity index is 1.81. The number of aromatic nitrogens is 5. The zero-order valence-corrected chi connectivity index (χ0v) is 13.2. The lowest BCUT2D eigenvalue weighted by molar-refractivity contribution is -0.274. The van der Waals surface area contributed by atoms with Crippen molar-refractivity contribution in [2.75, 3.05) is 38.1 Å². The molecule has 0 atom stereocenters. The molecule has 0 saturated carbocycles. The molecule has 4 rings (SSSR count). The maximum atomic E-state index is 12.4. The summed E-state index contributed by atoms with van der Waals surface area (Å²) in [6, 6.07) is 3.93. The van der Waals surface area contributed by atoms with Gasteiger partial charge in [0, 0.05) is 32.2 Å². The van der Waals surface area contributed by atoms with Crippen LogP contribution in [0.5, 0.6) is 5.75 Å². The average Bonchev–Trinajstić information content (AvgIpc) is 3.03. The van der Waals surface area contributed by atoms with E-state index in [1.807, 2.05) is 7.05 Å². The quantitative estimate of drug-likeness (QED) is 0.688. The molecule has 1 saturated heterocycles. The largest absolute Gasteiger partial charge is 0.573 e. The van der Waals surface area contributed by atoms with Crippen LogP contribution in [-0.2, 0) is 0 Å². The highest BCUT2D eigenvalue weighted by Gasteiger charge is 2.31. The van der Waals surface area contributed by atoms with Crippen molar-refractivity contribution in [2.45, 2.75) is 6.36 Å². The molecule has 0 aliphatic carbocycles. The van der Waals surface area contributed by atoms with Crippen LogP contribution < -0.4 is 9.64 Å². The van der Waals surface area contributed by atoms with Gasteiger partial charge < -0.3 is 14.5 Å². The first-order chi connectivity index (χ1) is 11.9. The zero-order chi connectivity index (χ0) is 17.6. The van der Waals surface area contributed by atoms with E-state index in [1.54, 1.807) is 0 Å². The second kappa shape index (κ2) is 5.69. The average molecular weight is 353 g/mol. The van der Waals surface area contributed by atoms with Crippen LogP contribution in [0, 0.1) is 0 Å². The molecule has 0 spiro atoms. The van der Waals surface area contributed by atoms with E-state index < -0.39 is 6.36 Å². The standard InChI is InChI=1S/C14H14F3N7O/c1-22-4-6-23(7-5-22)12-13-19-20-21-24(13)11-8-9(25-14(15,16)17)2-3-10(11)18-12/h2-3,8H,4-7H2,1H3. The molecule has 0 amide bonds. The van der Waals surface area contributed by atoms with Gasteiger partial charge in [0.1, 0.15) is 5.75 Å². The molecular weight excluding hydrogens is 339 g/mol. The molecule has 1 aromatic carbocycles. The summed E-state index contributed by atoms with van der Waals surface area (Å²) >= 11 is 0. The predicted molar refractivity (Wildman–Crippen MR) is 82.5 cm³/mol. The van der Waals surface area contributed by atoms with Crippen LogP contribution in [0.15, 0.2) is 18.2 Å². The molecule has 11 heteroatoms. The molecule has 1 fully saturated rings. The molecule has 0 N–H and O–H groups in total. The molecular formula is C14H14F3N7O. The van der Waals surface area contributed by atoms with Crippen LogP contribution in [0.2, 0.25) is 0 Å². The Labute approximate surface area is 139 Å². The van der Waals surface area contributed by atoms with Gasteiger partial charge in [0.2, 0.25) is 5.65 Å². The highest BCUT2D eigenvalue weighted by molar-refractivity contribution is 5.83. The summed E-state index contributed by atoms with van der Waals surface area (Å²) in [6.45, 7) is 3.30. The molecule has 0 unspecified atom stereocenters. The topological polar surface area (TPSA) is 71.7 Å². The number of halogens is 3. The van der Waals surface area contributed by atoms with Gasteiger partial charge in [0.25, 0.3) is 0 Å². The molecule has 1 aliphatic rings. The lowest BCUT2D eigenvalue weighted by Gasteiger charge is -2.33.